The van der Waals surface area contributed by atoms with E-state index in [0.29, 0.717) is 17.4 Å². The molecule has 33 heavy (non-hydrogen) atoms. The van der Waals surface area contributed by atoms with Crippen LogP contribution in [0.2, 0.25) is 0 Å². The Balaban J connectivity index is 1.56. The minimum Gasteiger partial charge on any atom is -0.322 e. The monoisotopic (exact) mass is 465 g/mol. The van der Waals surface area contributed by atoms with Crippen LogP contribution in [-0.2, 0) is 9.59 Å². The first-order valence-electron chi connectivity index (χ1n) is 10.3. The molecule has 4 amide bonds. The number of rotatable bonds is 7. The third kappa shape index (κ3) is 4.31. The van der Waals surface area contributed by atoms with Gasteiger partial charge in [-0.2, -0.15) is 5.01 Å². The zero-order chi connectivity index (χ0) is 23.6. The number of urea groups is 1. The largest absolute Gasteiger partial charge is 0.344 e. The van der Waals surface area contributed by atoms with E-state index in [9.17, 15) is 14.4 Å². The molecule has 10 nitrogen and oxygen atoms in total. The van der Waals surface area contributed by atoms with Crippen molar-refractivity contribution in [2.24, 2.45) is 0 Å². The molecular weight excluding hydrogens is 442 g/mol. The van der Waals surface area contributed by atoms with Crippen LogP contribution in [0.1, 0.15) is 25.8 Å². The van der Waals surface area contributed by atoms with E-state index >= 15 is 0 Å². The van der Waals surface area contributed by atoms with Gasteiger partial charge in [-0.25, -0.2) is 4.79 Å². The van der Waals surface area contributed by atoms with Crippen molar-refractivity contribution in [3.8, 4) is 17.1 Å². The summed E-state index contributed by atoms with van der Waals surface area (Å²) in [6.45, 7) is 5.40. The van der Waals surface area contributed by atoms with Crippen LogP contribution in [0.5, 0.6) is 0 Å². The van der Waals surface area contributed by atoms with Crippen LogP contribution in [0, 0.1) is 6.92 Å². The van der Waals surface area contributed by atoms with E-state index in [2.05, 4.69) is 25.9 Å². The van der Waals surface area contributed by atoms with E-state index < -0.39 is 23.4 Å². The fourth-order valence-corrected chi connectivity index (χ4v) is 4.13. The second kappa shape index (κ2) is 9.02. The predicted octanol–water partition coefficient (Wildman–Crippen LogP) is 2.48. The summed E-state index contributed by atoms with van der Waals surface area (Å²) >= 11 is 1.16. The fraction of sp³-hybridized carbons (Fsp3) is 0.273. The quantitative estimate of drug-likeness (QED) is 0.406. The molecule has 2 N–H and O–H groups in total. The molecule has 1 saturated heterocycles. The smallest absolute Gasteiger partial charge is 0.322 e. The first-order valence-corrected chi connectivity index (χ1v) is 11.3. The molecule has 0 saturated carbocycles. The van der Waals surface area contributed by atoms with Gasteiger partial charge in [-0.15, -0.1) is 10.2 Å². The molecule has 1 atom stereocenters. The maximum absolute atomic E-state index is 12.6. The van der Waals surface area contributed by atoms with Crippen molar-refractivity contribution in [3.63, 3.8) is 0 Å². The number of amides is 4. The highest BCUT2D eigenvalue weighted by Crippen LogP contribution is 2.29. The Hall–Kier alpha value is -3.73. The number of aromatic nitrogens is 4. The molecular formula is C22H23N7O3S. The maximum Gasteiger partial charge on any atom is 0.344 e. The summed E-state index contributed by atoms with van der Waals surface area (Å²) in [6, 6.07) is 10.8. The average Bonchev–Trinajstić information content (AvgIpc) is 3.33. The van der Waals surface area contributed by atoms with Gasteiger partial charge in [0.2, 0.25) is 5.91 Å². The van der Waals surface area contributed by atoms with Crippen LogP contribution in [0.15, 0.2) is 53.9 Å². The van der Waals surface area contributed by atoms with Gasteiger partial charge in [0.05, 0.1) is 11.4 Å². The zero-order valence-corrected chi connectivity index (χ0v) is 19.2. The number of aryl methyl sites for hydroxylation is 1. The summed E-state index contributed by atoms with van der Waals surface area (Å²) in [5, 5.41) is 12.5. The fourth-order valence-electron chi connectivity index (χ4n) is 3.40. The van der Waals surface area contributed by atoms with Gasteiger partial charge in [0.25, 0.3) is 5.91 Å². The second-order valence-corrected chi connectivity index (χ2v) is 8.69. The normalized spacial score (nSPS) is 17.8. The van der Waals surface area contributed by atoms with Crippen LogP contribution >= 0.6 is 11.8 Å². The van der Waals surface area contributed by atoms with Crippen molar-refractivity contribution in [2.75, 3.05) is 5.75 Å². The first kappa shape index (κ1) is 22.5. The average molecular weight is 466 g/mol. The van der Waals surface area contributed by atoms with E-state index in [4.69, 9.17) is 0 Å². The minimum atomic E-state index is -1.03. The Bertz CT molecular complexity index is 1210. The lowest BCUT2D eigenvalue weighted by Gasteiger charge is -2.19. The molecule has 0 spiro atoms. The van der Waals surface area contributed by atoms with Gasteiger partial charge in [-0.3, -0.25) is 24.6 Å². The van der Waals surface area contributed by atoms with Crippen LogP contribution in [-0.4, -0.2) is 53.9 Å². The topological polar surface area (TPSA) is 122 Å². The zero-order valence-electron chi connectivity index (χ0n) is 18.4. The highest BCUT2D eigenvalue weighted by atomic mass is 32.2. The number of benzene rings is 1. The third-order valence-corrected chi connectivity index (χ3v) is 6.39. The van der Waals surface area contributed by atoms with Crippen molar-refractivity contribution in [1.29, 1.82) is 0 Å². The molecule has 0 bridgehead atoms. The number of imide groups is 1. The number of nitrogens with zero attached hydrogens (tertiary/aromatic N) is 5. The highest BCUT2D eigenvalue weighted by molar-refractivity contribution is 7.99. The number of carbonyl (C=O) groups excluding carboxylic acids is 3. The summed E-state index contributed by atoms with van der Waals surface area (Å²) in [4.78, 5) is 41.3. The van der Waals surface area contributed by atoms with E-state index in [1.54, 1.807) is 26.2 Å². The second-order valence-electron chi connectivity index (χ2n) is 7.74. The molecule has 3 heterocycles. The van der Waals surface area contributed by atoms with Gasteiger partial charge in [0.1, 0.15) is 5.54 Å². The number of hydrogen-bond donors (Lipinski definition) is 2. The summed E-state index contributed by atoms with van der Waals surface area (Å²) in [5.74, 6) is -0.451. The molecule has 0 aliphatic carbocycles. The number of pyridine rings is 1. The molecule has 1 aliphatic rings. The lowest BCUT2D eigenvalue weighted by Crippen LogP contribution is -2.49. The SMILES string of the molecule is CCC1(C)NC(=O)N(NC(=O)CSc2nnc(-c3ccncc3)n2-c2ccccc2C)C1=O. The molecule has 1 unspecified atom stereocenters. The number of para-hydroxylation sites is 1. The number of hydrazine groups is 1. The number of carbonyl (C=O) groups is 3. The van der Waals surface area contributed by atoms with E-state index in [1.165, 1.54) is 0 Å². The first-order chi connectivity index (χ1) is 15.8. The lowest BCUT2D eigenvalue weighted by atomic mass is 10.00. The van der Waals surface area contributed by atoms with Gasteiger partial charge in [0.15, 0.2) is 11.0 Å². The number of nitrogens with one attached hydrogen (secondary N) is 2. The van der Waals surface area contributed by atoms with Crippen molar-refractivity contribution in [2.45, 2.75) is 37.9 Å². The van der Waals surface area contributed by atoms with Crippen LogP contribution in [0.3, 0.4) is 0 Å². The minimum absolute atomic E-state index is 0.0692. The van der Waals surface area contributed by atoms with E-state index in [0.717, 1.165) is 33.6 Å². The summed E-state index contributed by atoms with van der Waals surface area (Å²) < 4.78 is 1.88. The summed E-state index contributed by atoms with van der Waals surface area (Å²) in [6.07, 6.45) is 3.76. The van der Waals surface area contributed by atoms with E-state index in [-0.39, 0.29) is 5.75 Å². The third-order valence-electron chi connectivity index (χ3n) is 5.47. The molecule has 11 heteroatoms. The Kier molecular flexibility index (Phi) is 6.14. The van der Waals surface area contributed by atoms with Crippen LogP contribution in [0.4, 0.5) is 4.79 Å². The molecule has 4 rings (SSSR count). The number of thioether (sulfide) groups is 1. The van der Waals surface area contributed by atoms with Crippen molar-refractivity contribution in [3.05, 3.63) is 54.4 Å². The Morgan fingerprint density at radius 3 is 2.55 bits per heavy atom. The molecule has 1 fully saturated rings. The number of hydrogen-bond acceptors (Lipinski definition) is 7. The van der Waals surface area contributed by atoms with Gasteiger partial charge >= 0.3 is 6.03 Å². The van der Waals surface area contributed by atoms with Crippen molar-refractivity contribution < 1.29 is 14.4 Å². The van der Waals surface area contributed by atoms with Crippen molar-refractivity contribution >= 4 is 29.6 Å². The van der Waals surface area contributed by atoms with Crippen LogP contribution in [0.25, 0.3) is 17.1 Å². The Labute approximate surface area is 194 Å². The summed E-state index contributed by atoms with van der Waals surface area (Å²) in [5.41, 5.74) is 4.09. The Morgan fingerprint density at radius 2 is 1.88 bits per heavy atom. The summed E-state index contributed by atoms with van der Waals surface area (Å²) in [7, 11) is 0. The molecule has 170 valence electrons. The molecule has 3 aromatic rings. The molecule has 0 radical (unpaired) electrons. The van der Waals surface area contributed by atoms with Gasteiger partial charge < -0.3 is 5.32 Å². The van der Waals surface area contributed by atoms with E-state index in [1.807, 2.05) is 47.9 Å². The predicted molar refractivity (Wildman–Crippen MR) is 122 cm³/mol. The van der Waals surface area contributed by atoms with Gasteiger partial charge in [-0.05, 0) is 44.0 Å². The molecule has 1 aliphatic heterocycles. The van der Waals surface area contributed by atoms with Crippen LogP contribution < -0.4 is 10.7 Å². The van der Waals surface area contributed by atoms with Gasteiger partial charge in [-0.1, -0.05) is 36.9 Å². The van der Waals surface area contributed by atoms with Crippen molar-refractivity contribution in [1.82, 2.24) is 35.5 Å². The highest BCUT2D eigenvalue weighted by Gasteiger charge is 2.47. The maximum atomic E-state index is 12.6. The lowest BCUT2D eigenvalue weighted by molar-refractivity contribution is -0.137. The Morgan fingerprint density at radius 1 is 1.15 bits per heavy atom. The molecule has 2 aromatic heterocycles. The van der Waals surface area contributed by atoms with Gasteiger partial charge in [0, 0.05) is 18.0 Å². The standard InChI is InChI=1S/C22H23N7O3S/c1-4-22(3)19(31)29(20(32)24-22)27-17(30)13-33-21-26-25-18(15-9-11-23-12-10-15)28(21)16-8-6-5-7-14(16)2/h5-12H,4,13H2,1-3H3,(H,24,32)(H,27,30). The molecule has 1 aromatic carbocycles.